The topological polar surface area (TPSA) is 12.0 Å². The van der Waals surface area contributed by atoms with Crippen molar-refractivity contribution in [1.82, 2.24) is 5.32 Å². The van der Waals surface area contributed by atoms with Crippen molar-refractivity contribution >= 4 is 0 Å². The lowest BCUT2D eigenvalue weighted by atomic mass is 10.0. The van der Waals surface area contributed by atoms with Gasteiger partial charge in [-0.2, -0.15) is 0 Å². The van der Waals surface area contributed by atoms with Gasteiger partial charge in [0.2, 0.25) is 0 Å². The van der Waals surface area contributed by atoms with E-state index in [4.69, 9.17) is 0 Å². The fourth-order valence-corrected chi connectivity index (χ4v) is 1.90. The van der Waals surface area contributed by atoms with Gasteiger partial charge in [-0.05, 0) is 35.7 Å². The normalized spacial score (nSPS) is 10.4. The Balaban J connectivity index is 2.12. The lowest BCUT2D eigenvalue weighted by Crippen LogP contribution is -2.13. The second kappa shape index (κ2) is 6.21. The summed E-state index contributed by atoms with van der Waals surface area (Å²) in [5, 5.41) is 3.43. The molecule has 0 aliphatic rings. The Labute approximate surface area is 103 Å². The largest absolute Gasteiger partial charge is 0.313 e. The Morgan fingerprint density at radius 1 is 0.882 bits per heavy atom. The molecule has 0 heterocycles. The molecule has 1 nitrogen and oxygen atoms in total. The van der Waals surface area contributed by atoms with E-state index in [9.17, 15) is 0 Å². The van der Waals surface area contributed by atoms with Crippen LogP contribution in [0, 0.1) is 0 Å². The zero-order valence-corrected chi connectivity index (χ0v) is 10.3. The molecule has 2 rings (SSSR count). The first-order valence-electron chi connectivity index (χ1n) is 6.25. The highest BCUT2D eigenvalue weighted by molar-refractivity contribution is 5.63. The van der Waals surface area contributed by atoms with Crippen LogP contribution in [0.3, 0.4) is 0 Å². The lowest BCUT2D eigenvalue weighted by Gasteiger charge is -2.06. The SMILES string of the molecule is CCCNCc1cccc(-c2ccccc2)c1. The van der Waals surface area contributed by atoms with Gasteiger partial charge in [-0.25, -0.2) is 0 Å². The van der Waals surface area contributed by atoms with E-state index in [1.807, 2.05) is 0 Å². The van der Waals surface area contributed by atoms with E-state index in [0.29, 0.717) is 0 Å². The predicted molar refractivity (Wildman–Crippen MR) is 73.9 cm³/mol. The molecule has 0 spiro atoms. The fraction of sp³-hybridized carbons (Fsp3) is 0.250. The van der Waals surface area contributed by atoms with Gasteiger partial charge in [0.15, 0.2) is 0 Å². The van der Waals surface area contributed by atoms with Gasteiger partial charge in [0.1, 0.15) is 0 Å². The zero-order valence-electron chi connectivity index (χ0n) is 10.3. The Hall–Kier alpha value is -1.60. The molecule has 0 radical (unpaired) electrons. The minimum absolute atomic E-state index is 0.953. The van der Waals surface area contributed by atoms with E-state index in [-0.39, 0.29) is 0 Å². The van der Waals surface area contributed by atoms with Crippen molar-refractivity contribution in [1.29, 1.82) is 0 Å². The van der Waals surface area contributed by atoms with E-state index >= 15 is 0 Å². The first kappa shape index (κ1) is 11.9. The van der Waals surface area contributed by atoms with Crippen molar-refractivity contribution in [3.8, 4) is 11.1 Å². The number of benzene rings is 2. The van der Waals surface area contributed by atoms with Crippen molar-refractivity contribution in [2.24, 2.45) is 0 Å². The molecule has 1 N–H and O–H groups in total. The maximum Gasteiger partial charge on any atom is 0.0205 e. The summed E-state index contributed by atoms with van der Waals surface area (Å²) >= 11 is 0. The second-order valence-electron chi connectivity index (χ2n) is 4.24. The minimum atomic E-state index is 0.953. The molecule has 0 bridgehead atoms. The third-order valence-electron chi connectivity index (χ3n) is 2.79. The van der Waals surface area contributed by atoms with Crippen LogP contribution in [-0.2, 0) is 6.54 Å². The first-order valence-corrected chi connectivity index (χ1v) is 6.25. The van der Waals surface area contributed by atoms with Gasteiger partial charge in [0, 0.05) is 6.54 Å². The zero-order chi connectivity index (χ0) is 11.9. The second-order valence-corrected chi connectivity index (χ2v) is 4.24. The number of rotatable bonds is 5. The summed E-state index contributed by atoms with van der Waals surface area (Å²) in [6, 6.07) is 19.2. The third-order valence-corrected chi connectivity index (χ3v) is 2.79. The van der Waals surface area contributed by atoms with Crippen molar-refractivity contribution in [3.05, 3.63) is 60.2 Å². The standard InChI is InChI=1S/C16H19N/c1-2-11-17-13-14-7-6-10-16(12-14)15-8-4-3-5-9-15/h3-10,12,17H,2,11,13H2,1H3. The maximum absolute atomic E-state index is 3.43. The summed E-state index contributed by atoms with van der Waals surface area (Å²) in [5.74, 6) is 0. The van der Waals surface area contributed by atoms with Crippen LogP contribution >= 0.6 is 0 Å². The molecule has 0 amide bonds. The molecule has 1 heteroatoms. The summed E-state index contributed by atoms with van der Waals surface area (Å²) in [6.45, 7) is 4.22. The molecule has 0 saturated heterocycles. The van der Waals surface area contributed by atoms with E-state index in [2.05, 4.69) is 66.8 Å². The molecule has 0 unspecified atom stereocenters. The van der Waals surface area contributed by atoms with E-state index in [1.165, 1.54) is 23.1 Å². The molecule has 0 saturated carbocycles. The molecule has 88 valence electrons. The summed E-state index contributed by atoms with van der Waals surface area (Å²) in [7, 11) is 0. The number of hydrogen-bond donors (Lipinski definition) is 1. The molecule has 2 aromatic carbocycles. The minimum Gasteiger partial charge on any atom is -0.313 e. The lowest BCUT2D eigenvalue weighted by molar-refractivity contribution is 0.675. The van der Waals surface area contributed by atoms with Crippen LogP contribution in [0.1, 0.15) is 18.9 Å². The van der Waals surface area contributed by atoms with Crippen molar-refractivity contribution in [2.45, 2.75) is 19.9 Å². The monoisotopic (exact) mass is 225 g/mol. The average molecular weight is 225 g/mol. The van der Waals surface area contributed by atoms with Crippen LogP contribution in [0.2, 0.25) is 0 Å². The van der Waals surface area contributed by atoms with Gasteiger partial charge in [-0.3, -0.25) is 0 Å². The van der Waals surface area contributed by atoms with Crippen LogP contribution in [0.5, 0.6) is 0 Å². The molecule has 0 aliphatic heterocycles. The Kier molecular flexibility index (Phi) is 4.34. The van der Waals surface area contributed by atoms with Gasteiger partial charge >= 0.3 is 0 Å². The molecule has 0 fully saturated rings. The van der Waals surface area contributed by atoms with E-state index in [0.717, 1.165) is 13.1 Å². The smallest absolute Gasteiger partial charge is 0.0205 e. The third kappa shape index (κ3) is 3.43. The first-order chi connectivity index (χ1) is 8.40. The molecule has 0 aromatic heterocycles. The van der Waals surface area contributed by atoms with Crippen molar-refractivity contribution in [2.75, 3.05) is 6.54 Å². The average Bonchev–Trinajstić information content (AvgIpc) is 2.41. The van der Waals surface area contributed by atoms with Gasteiger partial charge in [-0.1, -0.05) is 55.5 Å². The summed E-state index contributed by atoms with van der Waals surface area (Å²) in [5.41, 5.74) is 3.92. The Morgan fingerprint density at radius 2 is 1.65 bits per heavy atom. The van der Waals surface area contributed by atoms with Crippen molar-refractivity contribution in [3.63, 3.8) is 0 Å². The van der Waals surface area contributed by atoms with E-state index < -0.39 is 0 Å². The molecular formula is C16H19N. The number of hydrogen-bond acceptors (Lipinski definition) is 1. The van der Waals surface area contributed by atoms with Crippen LogP contribution in [0.25, 0.3) is 11.1 Å². The predicted octanol–water partition coefficient (Wildman–Crippen LogP) is 3.85. The van der Waals surface area contributed by atoms with Crippen molar-refractivity contribution < 1.29 is 0 Å². The highest BCUT2D eigenvalue weighted by Gasteiger charge is 1.98. The fourth-order valence-electron chi connectivity index (χ4n) is 1.90. The number of nitrogens with one attached hydrogen (secondary N) is 1. The van der Waals surface area contributed by atoms with Gasteiger partial charge in [0.05, 0.1) is 0 Å². The Bertz CT molecular complexity index is 448. The summed E-state index contributed by atoms with van der Waals surface area (Å²) in [4.78, 5) is 0. The molecule has 0 aliphatic carbocycles. The quantitative estimate of drug-likeness (QED) is 0.762. The highest BCUT2D eigenvalue weighted by Crippen LogP contribution is 2.19. The molecule has 17 heavy (non-hydrogen) atoms. The van der Waals surface area contributed by atoms with Crippen LogP contribution < -0.4 is 5.32 Å². The van der Waals surface area contributed by atoms with Crippen LogP contribution in [-0.4, -0.2) is 6.54 Å². The van der Waals surface area contributed by atoms with E-state index in [1.54, 1.807) is 0 Å². The summed E-state index contributed by atoms with van der Waals surface area (Å²) in [6.07, 6.45) is 1.18. The molecule has 2 aromatic rings. The van der Waals surface area contributed by atoms with Gasteiger partial charge in [0.25, 0.3) is 0 Å². The Morgan fingerprint density at radius 3 is 2.41 bits per heavy atom. The maximum atomic E-state index is 3.43. The molecular weight excluding hydrogens is 206 g/mol. The van der Waals surface area contributed by atoms with Crippen LogP contribution in [0.15, 0.2) is 54.6 Å². The molecule has 0 atom stereocenters. The highest BCUT2D eigenvalue weighted by atomic mass is 14.8. The van der Waals surface area contributed by atoms with Crippen LogP contribution in [0.4, 0.5) is 0 Å². The van der Waals surface area contributed by atoms with Gasteiger partial charge in [-0.15, -0.1) is 0 Å². The van der Waals surface area contributed by atoms with Gasteiger partial charge < -0.3 is 5.32 Å². The summed E-state index contributed by atoms with van der Waals surface area (Å²) < 4.78 is 0.